The van der Waals surface area contributed by atoms with Crippen molar-refractivity contribution in [1.29, 1.82) is 0 Å². The van der Waals surface area contributed by atoms with Gasteiger partial charge in [-0.2, -0.15) is 0 Å². The van der Waals surface area contributed by atoms with Gasteiger partial charge in [0.2, 0.25) is 11.8 Å². The van der Waals surface area contributed by atoms with Gasteiger partial charge in [-0.05, 0) is 61.2 Å². The topological polar surface area (TPSA) is 86.8 Å². The van der Waals surface area contributed by atoms with Crippen molar-refractivity contribution in [2.24, 2.45) is 5.92 Å². The lowest BCUT2D eigenvalue weighted by Crippen LogP contribution is -2.52. The van der Waals surface area contributed by atoms with Crippen LogP contribution < -0.4 is 9.62 Å². The van der Waals surface area contributed by atoms with Crippen LogP contribution >= 0.6 is 34.8 Å². The first kappa shape index (κ1) is 32.7. The highest BCUT2D eigenvalue weighted by atomic mass is 35.5. The Hall–Kier alpha value is -2.78. The van der Waals surface area contributed by atoms with E-state index in [4.69, 9.17) is 34.8 Å². The zero-order chi connectivity index (χ0) is 30.3. The molecule has 0 aliphatic carbocycles. The average Bonchev–Trinajstić information content (AvgIpc) is 2.93. The molecule has 0 saturated heterocycles. The monoisotopic (exact) mass is 637 g/mol. The second-order valence-corrected chi connectivity index (χ2v) is 13.2. The standard InChI is InChI=1S/C30H34Cl3N3O4S/c1-5-28(30(38)34-17-20(2)3)35(18-22-8-6-7-9-25(22)31)29(37)19-36(23-12-15-26(32)27(33)16-23)41(39,40)24-13-10-21(4)11-14-24/h6-16,20,28H,5,17-19H2,1-4H3,(H,34,38)/t28-/m1/s1. The Balaban J connectivity index is 2.08. The number of halogens is 3. The zero-order valence-corrected chi connectivity index (χ0v) is 26.5. The Bertz CT molecular complexity index is 1480. The maximum Gasteiger partial charge on any atom is 0.264 e. The summed E-state index contributed by atoms with van der Waals surface area (Å²) in [6, 6.07) is 16.8. The lowest BCUT2D eigenvalue weighted by molar-refractivity contribution is -0.140. The molecule has 0 aliphatic heterocycles. The van der Waals surface area contributed by atoms with Gasteiger partial charge in [0.15, 0.2) is 0 Å². The van der Waals surface area contributed by atoms with Crippen molar-refractivity contribution in [3.05, 3.63) is 92.9 Å². The van der Waals surface area contributed by atoms with Gasteiger partial charge in [0, 0.05) is 18.1 Å². The van der Waals surface area contributed by atoms with Crippen LogP contribution in [0.25, 0.3) is 0 Å². The first-order chi connectivity index (χ1) is 19.3. The fourth-order valence-corrected chi connectivity index (χ4v) is 6.05. The van der Waals surface area contributed by atoms with Crippen molar-refractivity contribution in [2.75, 3.05) is 17.4 Å². The summed E-state index contributed by atoms with van der Waals surface area (Å²) in [6.07, 6.45) is 0.303. The number of carbonyl (C=O) groups excluding carboxylic acids is 2. The maximum absolute atomic E-state index is 14.1. The number of anilines is 1. The normalized spacial score (nSPS) is 12.2. The van der Waals surface area contributed by atoms with Crippen molar-refractivity contribution in [3.8, 4) is 0 Å². The summed E-state index contributed by atoms with van der Waals surface area (Å²) in [5.41, 5.74) is 1.66. The van der Waals surface area contributed by atoms with Gasteiger partial charge in [0.1, 0.15) is 12.6 Å². The van der Waals surface area contributed by atoms with Crippen molar-refractivity contribution in [3.63, 3.8) is 0 Å². The second kappa shape index (κ2) is 14.4. The third-order valence-electron chi connectivity index (χ3n) is 6.45. The molecule has 3 aromatic carbocycles. The Morgan fingerprint density at radius 3 is 2.15 bits per heavy atom. The molecule has 0 fully saturated rings. The number of sulfonamides is 1. The van der Waals surface area contributed by atoms with E-state index in [0.29, 0.717) is 23.6 Å². The van der Waals surface area contributed by atoms with E-state index in [1.165, 1.54) is 35.2 Å². The first-order valence-corrected chi connectivity index (χ1v) is 15.8. The van der Waals surface area contributed by atoms with Gasteiger partial charge in [-0.1, -0.05) is 91.5 Å². The smallest absolute Gasteiger partial charge is 0.264 e. The Kier molecular flexibility index (Phi) is 11.5. The molecule has 0 unspecified atom stereocenters. The minimum absolute atomic E-state index is 0.00124. The number of amides is 2. The Labute approximate surface area is 257 Å². The van der Waals surface area contributed by atoms with Crippen molar-refractivity contribution >= 4 is 62.3 Å². The van der Waals surface area contributed by atoms with Crippen LogP contribution in [-0.2, 0) is 26.2 Å². The highest BCUT2D eigenvalue weighted by Crippen LogP contribution is 2.31. The minimum Gasteiger partial charge on any atom is -0.354 e. The van der Waals surface area contributed by atoms with Gasteiger partial charge in [-0.15, -0.1) is 0 Å². The quantitative estimate of drug-likeness (QED) is 0.238. The average molecular weight is 639 g/mol. The van der Waals surface area contributed by atoms with Crippen LogP contribution in [0.3, 0.4) is 0 Å². The Morgan fingerprint density at radius 2 is 1.56 bits per heavy atom. The molecule has 11 heteroatoms. The lowest BCUT2D eigenvalue weighted by Gasteiger charge is -2.33. The molecule has 0 spiro atoms. The number of carbonyl (C=O) groups is 2. The fraction of sp³-hybridized carbons (Fsp3) is 0.333. The molecular weight excluding hydrogens is 605 g/mol. The molecule has 220 valence electrons. The van der Waals surface area contributed by atoms with Crippen LogP contribution in [0.1, 0.15) is 38.3 Å². The molecule has 3 aromatic rings. The molecule has 0 bridgehead atoms. The highest BCUT2D eigenvalue weighted by Gasteiger charge is 2.34. The van der Waals surface area contributed by atoms with Gasteiger partial charge in [-0.25, -0.2) is 8.42 Å². The molecule has 41 heavy (non-hydrogen) atoms. The van der Waals surface area contributed by atoms with E-state index < -0.39 is 28.5 Å². The van der Waals surface area contributed by atoms with Gasteiger partial charge >= 0.3 is 0 Å². The minimum atomic E-state index is -4.23. The second-order valence-electron chi connectivity index (χ2n) is 10.1. The number of hydrogen-bond donors (Lipinski definition) is 1. The summed E-state index contributed by atoms with van der Waals surface area (Å²) < 4.78 is 28.9. The van der Waals surface area contributed by atoms with E-state index in [1.54, 1.807) is 43.3 Å². The molecule has 2 amide bonds. The van der Waals surface area contributed by atoms with Crippen LogP contribution in [0.5, 0.6) is 0 Å². The molecule has 0 aromatic heterocycles. The van der Waals surface area contributed by atoms with E-state index in [2.05, 4.69) is 5.32 Å². The molecular formula is C30H34Cl3N3O4S. The first-order valence-electron chi connectivity index (χ1n) is 13.2. The van der Waals surface area contributed by atoms with Crippen LogP contribution in [0.15, 0.2) is 71.6 Å². The number of rotatable bonds is 12. The number of hydrogen-bond acceptors (Lipinski definition) is 4. The number of aryl methyl sites for hydroxylation is 1. The third kappa shape index (κ3) is 8.38. The van der Waals surface area contributed by atoms with E-state index in [1.807, 2.05) is 20.8 Å². The van der Waals surface area contributed by atoms with Crippen LogP contribution in [0, 0.1) is 12.8 Å². The highest BCUT2D eigenvalue weighted by molar-refractivity contribution is 7.92. The van der Waals surface area contributed by atoms with Crippen LogP contribution in [0.4, 0.5) is 5.69 Å². The van der Waals surface area contributed by atoms with Gasteiger partial charge in [-0.3, -0.25) is 13.9 Å². The Morgan fingerprint density at radius 1 is 0.902 bits per heavy atom. The summed E-state index contributed by atoms with van der Waals surface area (Å²) in [5.74, 6) is -0.712. The van der Waals surface area contributed by atoms with E-state index in [0.717, 1.165) is 9.87 Å². The molecule has 0 saturated carbocycles. The summed E-state index contributed by atoms with van der Waals surface area (Å²) in [4.78, 5) is 28.8. The van der Waals surface area contributed by atoms with Crippen LogP contribution in [-0.4, -0.2) is 44.3 Å². The molecule has 3 rings (SSSR count). The maximum atomic E-state index is 14.1. The third-order valence-corrected chi connectivity index (χ3v) is 9.34. The molecule has 0 radical (unpaired) electrons. The SMILES string of the molecule is CC[C@H](C(=O)NCC(C)C)N(Cc1ccccc1Cl)C(=O)CN(c1ccc(Cl)c(Cl)c1)S(=O)(=O)c1ccc(C)cc1. The van der Waals surface area contributed by atoms with Gasteiger partial charge < -0.3 is 10.2 Å². The summed E-state index contributed by atoms with van der Waals surface area (Å²) in [6.45, 7) is 7.43. The predicted molar refractivity (Wildman–Crippen MR) is 166 cm³/mol. The van der Waals surface area contributed by atoms with Crippen molar-refractivity contribution in [2.45, 2.75) is 51.6 Å². The number of benzene rings is 3. The summed E-state index contributed by atoms with van der Waals surface area (Å²) in [5, 5.41) is 3.70. The number of nitrogens with one attached hydrogen (secondary N) is 1. The molecule has 1 atom stereocenters. The van der Waals surface area contributed by atoms with Gasteiger partial charge in [0.25, 0.3) is 10.0 Å². The molecule has 7 nitrogen and oxygen atoms in total. The van der Waals surface area contributed by atoms with E-state index >= 15 is 0 Å². The summed E-state index contributed by atoms with van der Waals surface area (Å²) >= 11 is 18.8. The van der Waals surface area contributed by atoms with Gasteiger partial charge in [0.05, 0.1) is 20.6 Å². The fourth-order valence-electron chi connectivity index (χ4n) is 4.16. The molecule has 0 heterocycles. The zero-order valence-electron chi connectivity index (χ0n) is 23.4. The largest absolute Gasteiger partial charge is 0.354 e. The van der Waals surface area contributed by atoms with E-state index in [9.17, 15) is 18.0 Å². The van der Waals surface area contributed by atoms with Crippen molar-refractivity contribution < 1.29 is 18.0 Å². The van der Waals surface area contributed by atoms with E-state index in [-0.39, 0.29) is 39.0 Å². The summed E-state index contributed by atoms with van der Waals surface area (Å²) in [7, 11) is -4.23. The van der Waals surface area contributed by atoms with Crippen LogP contribution in [0.2, 0.25) is 15.1 Å². The molecule has 0 aliphatic rings. The predicted octanol–water partition coefficient (Wildman–Crippen LogP) is 6.73. The lowest BCUT2D eigenvalue weighted by atomic mass is 10.1. The van der Waals surface area contributed by atoms with Crippen molar-refractivity contribution in [1.82, 2.24) is 10.2 Å². The number of nitrogens with zero attached hydrogens (tertiary/aromatic N) is 2. The molecule has 1 N–H and O–H groups in total.